The van der Waals surface area contributed by atoms with Crippen LogP contribution in [0, 0.1) is 13.8 Å². The minimum absolute atomic E-state index is 0.733. The van der Waals surface area contributed by atoms with Crippen LogP contribution in [-0.4, -0.2) is 24.7 Å². The number of para-hydroxylation sites is 1. The fourth-order valence-corrected chi connectivity index (χ4v) is 2.87. The van der Waals surface area contributed by atoms with Crippen molar-refractivity contribution in [1.82, 2.24) is 24.7 Å². The van der Waals surface area contributed by atoms with Gasteiger partial charge in [0, 0.05) is 23.8 Å². The molecule has 3 aromatic heterocycles. The molecule has 0 saturated heterocycles. The Morgan fingerprint density at radius 2 is 1.48 bits per heavy atom. The average Bonchev–Trinajstić information content (AvgIpc) is 3.04. The zero-order valence-electron chi connectivity index (χ0n) is 14.1. The second-order valence-electron chi connectivity index (χ2n) is 5.86. The van der Waals surface area contributed by atoms with Gasteiger partial charge in [-0.05, 0) is 61.4 Å². The van der Waals surface area contributed by atoms with Gasteiger partial charge >= 0.3 is 0 Å². The molecule has 5 nitrogen and oxygen atoms in total. The minimum atomic E-state index is 0.733. The predicted octanol–water partition coefficient (Wildman–Crippen LogP) is 4.01. The third-order valence-corrected chi connectivity index (χ3v) is 4.06. The van der Waals surface area contributed by atoms with Crippen molar-refractivity contribution in [2.24, 2.45) is 0 Å². The van der Waals surface area contributed by atoms with Crippen LogP contribution in [0.2, 0.25) is 0 Å². The highest BCUT2D eigenvalue weighted by atomic mass is 15.3. The van der Waals surface area contributed by atoms with Crippen molar-refractivity contribution < 1.29 is 0 Å². The van der Waals surface area contributed by atoms with E-state index in [0.29, 0.717) is 0 Å². The summed E-state index contributed by atoms with van der Waals surface area (Å²) in [6, 6.07) is 18.2. The lowest BCUT2D eigenvalue weighted by Gasteiger charge is -2.09. The normalized spacial score (nSPS) is 10.8. The van der Waals surface area contributed by atoms with Gasteiger partial charge in [0.1, 0.15) is 11.5 Å². The third kappa shape index (κ3) is 2.92. The van der Waals surface area contributed by atoms with Crippen LogP contribution in [0.3, 0.4) is 0 Å². The minimum Gasteiger partial charge on any atom is -0.278 e. The molecular weight excluding hydrogens is 310 g/mol. The first-order valence-electron chi connectivity index (χ1n) is 8.09. The van der Waals surface area contributed by atoms with Crippen LogP contribution in [0.25, 0.3) is 28.3 Å². The maximum atomic E-state index is 4.52. The monoisotopic (exact) mass is 327 g/mol. The van der Waals surface area contributed by atoms with E-state index < -0.39 is 0 Å². The van der Waals surface area contributed by atoms with Gasteiger partial charge in [-0.1, -0.05) is 18.2 Å². The Kier molecular flexibility index (Phi) is 3.82. The summed E-state index contributed by atoms with van der Waals surface area (Å²) in [5.74, 6) is 1.56. The van der Waals surface area contributed by atoms with Gasteiger partial charge in [-0.25, -0.2) is 0 Å². The fourth-order valence-electron chi connectivity index (χ4n) is 2.87. The van der Waals surface area contributed by atoms with Gasteiger partial charge in [-0.15, -0.1) is 10.2 Å². The van der Waals surface area contributed by atoms with Gasteiger partial charge in [0.2, 0.25) is 0 Å². The largest absolute Gasteiger partial charge is 0.278 e. The van der Waals surface area contributed by atoms with Gasteiger partial charge < -0.3 is 0 Å². The molecule has 1 aromatic carbocycles. The molecule has 0 saturated carbocycles. The van der Waals surface area contributed by atoms with E-state index in [-0.39, 0.29) is 0 Å². The molecule has 0 fully saturated rings. The predicted molar refractivity (Wildman–Crippen MR) is 97.3 cm³/mol. The van der Waals surface area contributed by atoms with Crippen molar-refractivity contribution in [2.75, 3.05) is 0 Å². The summed E-state index contributed by atoms with van der Waals surface area (Å²) in [6.45, 7) is 3.93. The molecule has 3 heterocycles. The van der Waals surface area contributed by atoms with E-state index in [0.717, 1.165) is 39.9 Å². The van der Waals surface area contributed by atoms with Crippen molar-refractivity contribution in [3.8, 4) is 28.3 Å². The lowest BCUT2D eigenvalue weighted by Crippen LogP contribution is -2.00. The Balaban J connectivity index is 1.83. The quantitative estimate of drug-likeness (QED) is 0.570. The maximum absolute atomic E-state index is 4.52. The summed E-state index contributed by atoms with van der Waals surface area (Å²) in [4.78, 5) is 8.78. The van der Waals surface area contributed by atoms with Crippen LogP contribution in [-0.2, 0) is 0 Å². The molecular formula is C20H17N5. The van der Waals surface area contributed by atoms with E-state index in [1.807, 2.05) is 73.1 Å². The molecule has 5 heteroatoms. The molecule has 4 rings (SSSR count). The molecule has 4 aromatic rings. The maximum Gasteiger partial charge on any atom is 0.187 e. The highest BCUT2D eigenvalue weighted by Gasteiger charge is 2.14. The highest BCUT2D eigenvalue weighted by molar-refractivity contribution is 5.68. The lowest BCUT2D eigenvalue weighted by molar-refractivity contribution is 0.970. The SMILES string of the molecule is Cc1cc(-c2ccnc(-c3nnc(C)n3-c3ccccc3)c2)ccn1. The van der Waals surface area contributed by atoms with E-state index in [4.69, 9.17) is 0 Å². The van der Waals surface area contributed by atoms with Crippen LogP contribution in [0.4, 0.5) is 0 Å². The van der Waals surface area contributed by atoms with Crippen molar-refractivity contribution in [1.29, 1.82) is 0 Å². The number of aryl methyl sites for hydroxylation is 2. The summed E-state index contributed by atoms with van der Waals surface area (Å²) < 4.78 is 2.02. The Hall–Kier alpha value is -3.34. The first-order chi connectivity index (χ1) is 12.2. The summed E-state index contributed by atoms with van der Waals surface area (Å²) in [5.41, 5.74) is 4.98. The van der Waals surface area contributed by atoms with Gasteiger partial charge in [0.15, 0.2) is 5.82 Å². The Morgan fingerprint density at radius 1 is 0.760 bits per heavy atom. The number of benzene rings is 1. The molecule has 0 atom stereocenters. The van der Waals surface area contributed by atoms with Crippen LogP contribution >= 0.6 is 0 Å². The van der Waals surface area contributed by atoms with Crippen molar-refractivity contribution in [3.63, 3.8) is 0 Å². The molecule has 0 radical (unpaired) electrons. The smallest absolute Gasteiger partial charge is 0.187 e. The summed E-state index contributed by atoms with van der Waals surface area (Å²) >= 11 is 0. The molecule has 0 spiro atoms. The number of hydrogen-bond acceptors (Lipinski definition) is 4. The molecule has 0 aliphatic rings. The van der Waals surface area contributed by atoms with Crippen LogP contribution in [0.15, 0.2) is 67.0 Å². The Labute approximate surface area is 146 Å². The second kappa shape index (κ2) is 6.28. The molecule has 0 unspecified atom stereocenters. The first kappa shape index (κ1) is 15.2. The molecule has 0 aliphatic carbocycles. The number of nitrogens with zero attached hydrogens (tertiary/aromatic N) is 5. The number of pyridine rings is 2. The average molecular weight is 327 g/mol. The summed E-state index contributed by atoms with van der Waals surface area (Å²) in [7, 11) is 0. The molecule has 0 amide bonds. The lowest BCUT2D eigenvalue weighted by atomic mass is 10.1. The van der Waals surface area contributed by atoms with Crippen molar-refractivity contribution >= 4 is 0 Å². The molecule has 122 valence electrons. The van der Waals surface area contributed by atoms with Crippen molar-refractivity contribution in [2.45, 2.75) is 13.8 Å². The second-order valence-corrected chi connectivity index (χ2v) is 5.86. The first-order valence-corrected chi connectivity index (χ1v) is 8.09. The van der Waals surface area contributed by atoms with Crippen molar-refractivity contribution in [3.05, 3.63) is 78.5 Å². The van der Waals surface area contributed by atoms with Gasteiger partial charge in [0.05, 0.1) is 0 Å². The van der Waals surface area contributed by atoms with Crippen LogP contribution < -0.4 is 0 Å². The highest BCUT2D eigenvalue weighted by Crippen LogP contribution is 2.26. The fraction of sp³-hybridized carbons (Fsp3) is 0.100. The van der Waals surface area contributed by atoms with Gasteiger partial charge in [-0.3, -0.25) is 14.5 Å². The topological polar surface area (TPSA) is 56.5 Å². The molecule has 0 bridgehead atoms. The van der Waals surface area contributed by atoms with E-state index in [1.165, 1.54) is 0 Å². The Morgan fingerprint density at radius 3 is 2.24 bits per heavy atom. The number of hydrogen-bond donors (Lipinski definition) is 0. The van der Waals surface area contributed by atoms with Gasteiger partial charge in [0.25, 0.3) is 0 Å². The van der Waals surface area contributed by atoms with Gasteiger partial charge in [-0.2, -0.15) is 0 Å². The molecule has 25 heavy (non-hydrogen) atoms. The Bertz CT molecular complexity index is 1020. The van der Waals surface area contributed by atoms with Crippen LogP contribution in [0.5, 0.6) is 0 Å². The van der Waals surface area contributed by atoms with E-state index >= 15 is 0 Å². The number of aromatic nitrogens is 5. The summed E-state index contributed by atoms with van der Waals surface area (Å²) in [6.07, 6.45) is 3.63. The summed E-state index contributed by atoms with van der Waals surface area (Å²) in [5, 5.41) is 8.60. The van der Waals surface area contributed by atoms with E-state index in [9.17, 15) is 0 Å². The van der Waals surface area contributed by atoms with Crippen LogP contribution in [0.1, 0.15) is 11.5 Å². The number of rotatable bonds is 3. The zero-order valence-corrected chi connectivity index (χ0v) is 14.1. The van der Waals surface area contributed by atoms with E-state index in [2.05, 4.69) is 26.2 Å². The molecule has 0 N–H and O–H groups in total. The van der Waals surface area contributed by atoms with E-state index in [1.54, 1.807) is 6.20 Å². The molecule has 0 aliphatic heterocycles. The third-order valence-electron chi connectivity index (χ3n) is 4.06. The zero-order chi connectivity index (χ0) is 17.2. The standard InChI is InChI=1S/C20H17N5/c1-14-12-16(8-10-21-14)17-9-11-22-19(13-17)20-24-23-15(2)25(20)18-6-4-3-5-7-18/h3-13H,1-2H3.